The maximum atomic E-state index is 12.8. The molecule has 0 amide bonds. The van der Waals surface area contributed by atoms with Gasteiger partial charge in [0.05, 0.1) is 11.4 Å². The number of hydrogen-bond donors (Lipinski definition) is 0. The quantitative estimate of drug-likeness (QED) is 0.712. The lowest BCUT2D eigenvalue weighted by molar-refractivity contribution is 0.385. The predicted octanol–water partition coefficient (Wildman–Crippen LogP) is 2.15. The Hall–Kier alpha value is -1.77. The molecule has 0 radical (unpaired) electrons. The molecule has 0 spiro atoms. The van der Waals surface area contributed by atoms with Gasteiger partial charge in [0, 0.05) is 42.2 Å². The largest absolute Gasteiger partial charge is 0.252 e. The molecule has 0 aliphatic carbocycles. The second-order valence-electron chi connectivity index (χ2n) is 5.74. The van der Waals surface area contributed by atoms with Crippen molar-refractivity contribution in [3.8, 4) is 0 Å². The molecule has 3 aromatic heterocycles. The van der Waals surface area contributed by atoms with Crippen LogP contribution in [0.1, 0.15) is 21.8 Å². The van der Waals surface area contributed by atoms with Crippen molar-refractivity contribution in [3.05, 3.63) is 46.2 Å². The molecular weight excluding hydrogens is 332 g/mol. The molecule has 1 aliphatic heterocycles. The third-order valence-electron chi connectivity index (χ3n) is 4.05. The SMILES string of the molecule is Cc1cc2ncc3c(n2n1)CCN(S(=O)(=O)c1ccc(C)s1)C3. The Morgan fingerprint density at radius 2 is 2.09 bits per heavy atom. The van der Waals surface area contributed by atoms with Crippen molar-refractivity contribution in [3.63, 3.8) is 0 Å². The number of hydrogen-bond acceptors (Lipinski definition) is 5. The highest BCUT2D eigenvalue weighted by atomic mass is 32.2. The van der Waals surface area contributed by atoms with Gasteiger partial charge in [-0.1, -0.05) is 0 Å². The summed E-state index contributed by atoms with van der Waals surface area (Å²) in [4.78, 5) is 5.39. The van der Waals surface area contributed by atoms with Crippen LogP contribution in [0.2, 0.25) is 0 Å². The van der Waals surface area contributed by atoms with E-state index in [0.717, 1.165) is 27.5 Å². The molecule has 4 heterocycles. The van der Waals surface area contributed by atoms with Gasteiger partial charge in [0.2, 0.25) is 0 Å². The molecule has 1 aliphatic rings. The summed E-state index contributed by atoms with van der Waals surface area (Å²) in [5.74, 6) is 0. The summed E-state index contributed by atoms with van der Waals surface area (Å²) < 4.78 is 29.3. The van der Waals surface area contributed by atoms with Gasteiger partial charge in [0.25, 0.3) is 10.0 Å². The third kappa shape index (κ3) is 2.37. The third-order valence-corrected chi connectivity index (χ3v) is 7.36. The average Bonchev–Trinajstić information content (AvgIpc) is 3.12. The first-order valence-corrected chi connectivity index (χ1v) is 9.60. The van der Waals surface area contributed by atoms with Crippen molar-refractivity contribution in [2.75, 3.05) is 6.54 Å². The van der Waals surface area contributed by atoms with E-state index in [0.29, 0.717) is 23.7 Å². The van der Waals surface area contributed by atoms with Gasteiger partial charge in [-0.3, -0.25) is 0 Å². The fourth-order valence-corrected chi connectivity index (χ4v) is 5.77. The molecule has 0 atom stereocenters. The number of aryl methyl sites for hydroxylation is 2. The van der Waals surface area contributed by atoms with E-state index in [-0.39, 0.29) is 0 Å². The van der Waals surface area contributed by atoms with Crippen LogP contribution in [0.5, 0.6) is 0 Å². The number of thiophene rings is 1. The van der Waals surface area contributed by atoms with E-state index >= 15 is 0 Å². The second-order valence-corrected chi connectivity index (χ2v) is 9.19. The molecule has 0 saturated carbocycles. The normalized spacial score (nSPS) is 15.9. The summed E-state index contributed by atoms with van der Waals surface area (Å²) in [6.45, 7) is 4.65. The van der Waals surface area contributed by atoms with Gasteiger partial charge in [0.15, 0.2) is 5.65 Å². The van der Waals surface area contributed by atoms with Crippen molar-refractivity contribution in [1.82, 2.24) is 18.9 Å². The molecule has 23 heavy (non-hydrogen) atoms. The Morgan fingerprint density at radius 1 is 1.26 bits per heavy atom. The van der Waals surface area contributed by atoms with Crippen LogP contribution in [0.15, 0.2) is 28.6 Å². The van der Waals surface area contributed by atoms with E-state index in [4.69, 9.17) is 0 Å². The lowest BCUT2D eigenvalue weighted by Crippen LogP contribution is -2.36. The standard InChI is InChI=1S/C15H16N4O2S2/c1-10-7-14-16-8-12-9-18(6-5-13(12)19(14)17-10)23(20,21)15-4-3-11(2)22-15/h3-4,7-8H,5-6,9H2,1-2H3. The Morgan fingerprint density at radius 3 is 2.83 bits per heavy atom. The first kappa shape index (κ1) is 14.8. The van der Waals surface area contributed by atoms with Crippen molar-refractivity contribution < 1.29 is 8.42 Å². The summed E-state index contributed by atoms with van der Waals surface area (Å²) >= 11 is 1.31. The highest BCUT2D eigenvalue weighted by Gasteiger charge is 2.30. The second kappa shape index (κ2) is 5.12. The Labute approximate surface area is 138 Å². The maximum Gasteiger partial charge on any atom is 0.252 e. The summed E-state index contributed by atoms with van der Waals surface area (Å²) in [6, 6.07) is 5.45. The van der Waals surface area contributed by atoms with Gasteiger partial charge < -0.3 is 0 Å². The molecular formula is C15H16N4O2S2. The van der Waals surface area contributed by atoms with Crippen LogP contribution in [-0.2, 0) is 23.0 Å². The fraction of sp³-hybridized carbons (Fsp3) is 0.333. The van der Waals surface area contributed by atoms with Crippen LogP contribution < -0.4 is 0 Å². The number of nitrogens with zero attached hydrogens (tertiary/aromatic N) is 4. The molecule has 0 N–H and O–H groups in total. The Balaban J connectivity index is 1.73. The fourth-order valence-electron chi connectivity index (χ4n) is 2.91. The minimum Gasteiger partial charge on any atom is -0.237 e. The summed E-state index contributed by atoms with van der Waals surface area (Å²) in [5.41, 5.74) is 3.70. The van der Waals surface area contributed by atoms with Crippen molar-refractivity contribution >= 4 is 27.0 Å². The van der Waals surface area contributed by atoms with Crippen LogP contribution in [0.4, 0.5) is 0 Å². The smallest absolute Gasteiger partial charge is 0.237 e. The number of rotatable bonds is 2. The van der Waals surface area contributed by atoms with Crippen molar-refractivity contribution in [2.24, 2.45) is 0 Å². The first-order chi connectivity index (χ1) is 10.9. The number of sulfonamides is 1. The molecule has 8 heteroatoms. The van der Waals surface area contributed by atoms with E-state index in [1.165, 1.54) is 15.6 Å². The average molecular weight is 348 g/mol. The van der Waals surface area contributed by atoms with Crippen molar-refractivity contribution in [2.45, 2.75) is 31.0 Å². The zero-order valence-electron chi connectivity index (χ0n) is 12.9. The molecule has 4 rings (SSSR count). The minimum atomic E-state index is -3.44. The Kier molecular flexibility index (Phi) is 3.29. The van der Waals surface area contributed by atoms with E-state index in [2.05, 4.69) is 10.1 Å². The first-order valence-electron chi connectivity index (χ1n) is 7.35. The van der Waals surface area contributed by atoms with E-state index in [9.17, 15) is 8.42 Å². The van der Waals surface area contributed by atoms with Gasteiger partial charge in [-0.05, 0) is 26.0 Å². The molecule has 120 valence electrons. The molecule has 0 bridgehead atoms. The predicted molar refractivity (Wildman–Crippen MR) is 88.1 cm³/mol. The van der Waals surface area contributed by atoms with Crippen LogP contribution in [0.25, 0.3) is 5.65 Å². The van der Waals surface area contributed by atoms with E-state index in [1.54, 1.807) is 12.3 Å². The highest BCUT2D eigenvalue weighted by Crippen LogP contribution is 2.28. The topological polar surface area (TPSA) is 67.6 Å². The monoisotopic (exact) mass is 348 g/mol. The molecule has 0 aromatic carbocycles. The van der Waals surface area contributed by atoms with Crippen LogP contribution in [0, 0.1) is 13.8 Å². The number of fused-ring (bicyclic) bond motifs is 3. The van der Waals surface area contributed by atoms with Gasteiger partial charge in [-0.2, -0.15) is 9.40 Å². The minimum absolute atomic E-state index is 0.344. The van der Waals surface area contributed by atoms with Gasteiger partial charge in [0.1, 0.15) is 4.21 Å². The summed E-state index contributed by atoms with van der Waals surface area (Å²) in [6.07, 6.45) is 2.41. The lowest BCUT2D eigenvalue weighted by atomic mass is 10.1. The maximum absolute atomic E-state index is 12.8. The van der Waals surface area contributed by atoms with Crippen LogP contribution >= 0.6 is 11.3 Å². The Bertz CT molecular complexity index is 1000. The van der Waals surface area contributed by atoms with Gasteiger partial charge in [-0.25, -0.2) is 17.9 Å². The molecule has 0 unspecified atom stereocenters. The zero-order chi connectivity index (χ0) is 16.2. The van der Waals surface area contributed by atoms with Gasteiger partial charge >= 0.3 is 0 Å². The lowest BCUT2D eigenvalue weighted by Gasteiger charge is -2.27. The van der Waals surface area contributed by atoms with Gasteiger partial charge in [-0.15, -0.1) is 11.3 Å². The molecule has 3 aromatic rings. The van der Waals surface area contributed by atoms with Crippen LogP contribution in [-0.4, -0.2) is 33.9 Å². The van der Waals surface area contributed by atoms with E-state index < -0.39 is 10.0 Å². The molecule has 0 saturated heterocycles. The van der Waals surface area contributed by atoms with Crippen LogP contribution in [0.3, 0.4) is 0 Å². The molecule has 0 fully saturated rings. The summed E-state index contributed by atoms with van der Waals surface area (Å²) in [7, 11) is -3.44. The highest BCUT2D eigenvalue weighted by molar-refractivity contribution is 7.91. The van der Waals surface area contributed by atoms with Crippen molar-refractivity contribution in [1.29, 1.82) is 0 Å². The molecule has 6 nitrogen and oxygen atoms in total. The number of aromatic nitrogens is 3. The zero-order valence-corrected chi connectivity index (χ0v) is 14.5. The summed E-state index contributed by atoms with van der Waals surface area (Å²) in [5, 5.41) is 4.46. The van der Waals surface area contributed by atoms with E-state index in [1.807, 2.05) is 30.5 Å².